The van der Waals surface area contributed by atoms with Gasteiger partial charge in [0, 0.05) is 49.3 Å². The first kappa shape index (κ1) is 32.7. The molecule has 1 aliphatic heterocycles. The van der Waals surface area contributed by atoms with E-state index in [-0.39, 0.29) is 0 Å². The highest BCUT2D eigenvalue weighted by molar-refractivity contribution is 5.08. The predicted molar refractivity (Wildman–Crippen MR) is 152 cm³/mol. The summed E-state index contributed by atoms with van der Waals surface area (Å²) in [6.07, 6.45) is 11.8. The maximum absolute atomic E-state index is 5.08. The maximum atomic E-state index is 5.08. The summed E-state index contributed by atoms with van der Waals surface area (Å²) < 4.78 is 10.0. The van der Waals surface area contributed by atoms with E-state index in [9.17, 15) is 0 Å². The number of methoxy groups -OCH3 is 2. The smallest absolute Gasteiger partial charge is 0.316 e. The molecule has 0 N–H and O–H groups in total. The van der Waals surface area contributed by atoms with Crippen molar-refractivity contribution in [3.05, 3.63) is 35.9 Å². The third kappa shape index (κ3) is 11.3. The Bertz CT molecular complexity index is 829. The molecule has 0 amide bonds. The number of hydrogen-bond acceptors (Lipinski definition) is 8. The number of aromatic nitrogens is 4. The summed E-state index contributed by atoms with van der Waals surface area (Å²) in [4.78, 5) is 21.7. The predicted octanol–water partition coefficient (Wildman–Crippen LogP) is 6.02. The molecule has 8 heteroatoms. The second-order valence-electron chi connectivity index (χ2n) is 9.42. The molecule has 0 bridgehead atoms. The minimum atomic E-state index is 0.430. The van der Waals surface area contributed by atoms with Crippen LogP contribution < -0.4 is 9.47 Å². The van der Waals surface area contributed by atoms with E-state index in [2.05, 4.69) is 64.4 Å². The van der Waals surface area contributed by atoms with Crippen LogP contribution in [0.3, 0.4) is 0 Å². The molecule has 3 rings (SSSR count). The lowest BCUT2D eigenvalue weighted by Crippen LogP contribution is -2.42. The summed E-state index contributed by atoms with van der Waals surface area (Å²) in [5, 5.41) is 0. The summed E-state index contributed by atoms with van der Waals surface area (Å²) in [5.74, 6) is 0.703. The molecule has 1 fully saturated rings. The minimum absolute atomic E-state index is 0.430. The highest BCUT2D eigenvalue weighted by Gasteiger charge is 2.25. The molecule has 1 unspecified atom stereocenters. The Kier molecular flexibility index (Phi) is 16.7. The summed E-state index contributed by atoms with van der Waals surface area (Å²) >= 11 is 0. The van der Waals surface area contributed by atoms with Gasteiger partial charge in [-0.25, -0.2) is 15.0 Å². The molecule has 0 spiro atoms. The summed E-state index contributed by atoms with van der Waals surface area (Å²) in [6.45, 7) is 19.3. The van der Waals surface area contributed by atoms with Gasteiger partial charge in [-0.2, -0.15) is 4.98 Å². The van der Waals surface area contributed by atoms with Crippen LogP contribution in [0.15, 0.2) is 24.7 Å². The molecule has 8 nitrogen and oxygen atoms in total. The van der Waals surface area contributed by atoms with Gasteiger partial charge in [-0.15, -0.1) is 0 Å². The molecule has 2 aromatic rings. The van der Waals surface area contributed by atoms with Gasteiger partial charge < -0.3 is 9.47 Å². The largest absolute Gasteiger partial charge is 0.467 e. The zero-order valence-corrected chi connectivity index (χ0v) is 24.9. The van der Waals surface area contributed by atoms with Gasteiger partial charge in [0.25, 0.3) is 0 Å². The molecule has 210 valence electrons. The number of rotatable bonds is 11. The van der Waals surface area contributed by atoms with Crippen LogP contribution in [0.4, 0.5) is 0 Å². The number of hydrogen-bond donors (Lipinski definition) is 0. The third-order valence-electron chi connectivity index (χ3n) is 6.79. The van der Waals surface area contributed by atoms with Gasteiger partial charge in [-0.1, -0.05) is 54.9 Å². The number of nitrogens with zero attached hydrogens (tertiary/aromatic N) is 6. The highest BCUT2D eigenvalue weighted by Crippen LogP contribution is 2.24. The molecule has 2 aromatic heterocycles. The Morgan fingerprint density at radius 2 is 1.62 bits per heavy atom. The molecular weight excluding hydrogens is 464 g/mol. The van der Waals surface area contributed by atoms with Crippen LogP contribution in [0.2, 0.25) is 0 Å². The average molecular weight is 517 g/mol. The highest BCUT2D eigenvalue weighted by atomic mass is 16.5. The Morgan fingerprint density at radius 3 is 2.16 bits per heavy atom. The lowest BCUT2D eigenvalue weighted by atomic mass is 9.92. The van der Waals surface area contributed by atoms with Crippen LogP contribution in [0.5, 0.6) is 12.0 Å². The van der Waals surface area contributed by atoms with Gasteiger partial charge in [0.15, 0.2) is 0 Å². The van der Waals surface area contributed by atoms with E-state index in [1.54, 1.807) is 20.4 Å². The summed E-state index contributed by atoms with van der Waals surface area (Å²) in [7, 11) is 3.19. The van der Waals surface area contributed by atoms with Crippen molar-refractivity contribution in [3.63, 3.8) is 0 Å². The van der Waals surface area contributed by atoms with E-state index in [1.807, 2.05) is 32.3 Å². The first-order valence-corrected chi connectivity index (χ1v) is 14.1. The van der Waals surface area contributed by atoms with E-state index in [0.29, 0.717) is 30.0 Å². The van der Waals surface area contributed by atoms with Crippen molar-refractivity contribution in [2.75, 3.05) is 27.3 Å². The lowest BCUT2D eigenvalue weighted by Gasteiger charge is -2.38. The summed E-state index contributed by atoms with van der Waals surface area (Å²) in [5.41, 5.74) is 2.19. The van der Waals surface area contributed by atoms with Crippen molar-refractivity contribution < 1.29 is 9.47 Å². The van der Waals surface area contributed by atoms with E-state index >= 15 is 0 Å². The molecule has 0 aliphatic carbocycles. The van der Waals surface area contributed by atoms with Crippen molar-refractivity contribution in [1.82, 2.24) is 29.7 Å². The van der Waals surface area contributed by atoms with Crippen molar-refractivity contribution >= 4 is 0 Å². The van der Waals surface area contributed by atoms with Crippen LogP contribution in [-0.2, 0) is 13.1 Å². The fourth-order valence-corrected chi connectivity index (χ4v) is 4.81. The van der Waals surface area contributed by atoms with Crippen LogP contribution in [-0.4, -0.2) is 69.1 Å². The molecule has 37 heavy (non-hydrogen) atoms. The molecule has 1 atom stereocenters. The standard InChI is InChI=1S/C14H23N3O.C13H23N3O.C2H6/c1-11(2)13-6-4-5-9-17(13)10-12-7-8-15-14(16-12)18-3;1-5-12(6-2)16(7-3)10-11-8-14-13(17-4)15-9-11;1-2/h7-8,11,13H,4-6,9-10H2,1-3H3;8-9,12H,5-7,10H2,1-4H3;1-2H3. The Balaban J connectivity index is 0.000000348. The number of ether oxygens (including phenoxy) is 2. The second-order valence-corrected chi connectivity index (χ2v) is 9.42. The molecule has 0 radical (unpaired) electrons. The quantitative estimate of drug-likeness (QED) is 0.359. The van der Waals surface area contributed by atoms with Crippen LogP contribution in [0.1, 0.15) is 91.8 Å². The monoisotopic (exact) mass is 516 g/mol. The van der Waals surface area contributed by atoms with Crippen molar-refractivity contribution in [3.8, 4) is 12.0 Å². The SMILES string of the molecule is CC.CCC(CC)N(CC)Cc1cnc(OC)nc1.COc1nccc(CN2CCCCC2C(C)C)n1. The first-order valence-electron chi connectivity index (χ1n) is 14.1. The van der Waals surface area contributed by atoms with E-state index in [0.717, 1.165) is 30.9 Å². The van der Waals surface area contributed by atoms with Crippen molar-refractivity contribution in [2.45, 2.75) is 106 Å². The third-order valence-corrected chi connectivity index (χ3v) is 6.79. The molecule has 0 aromatic carbocycles. The van der Waals surface area contributed by atoms with E-state index in [1.165, 1.54) is 38.6 Å². The van der Waals surface area contributed by atoms with Crippen molar-refractivity contribution in [1.29, 1.82) is 0 Å². The Labute approximate surface area is 226 Å². The zero-order valence-electron chi connectivity index (χ0n) is 24.9. The first-order chi connectivity index (χ1) is 17.9. The van der Waals surface area contributed by atoms with Crippen LogP contribution >= 0.6 is 0 Å². The van der Waals surface area contributed by atoms with Crippen LogP contribution in [0.25, 0.3) is 0 Å². The number of piperidine rings is 1. The van der Waals surface area contributed by atoms with Crippen LogP contribution in [0, 0.1) is 5.92 Å². The van der Waals surface area contributed by atoms with E-state index in [4.69, 9.17) is 9.47 Å². The summed E-state index contributed by atoms with van der Waals surface area (Å²) in [6, 6.07) is 4.20. The van der Waals surface area contributed by atoms with Gasteiger partial charge in [-0.3, -0.25) is 9.80 Å². The molecule has 1 saturated heterocycles. The van der Waals surface area contributed by atoms with E-state index < -0.39 is 0 Å². The molecule has 3 heterocycles. The van der Waals surface area contributed by atoms with Crippen molar-refractivity contribution in [2.24, 2.45) is 5.92 Å². The van der Waals surface area contributed by atoms with Gasteiger partial charge in [-0.05, 0) is 50.8 Å². The van der Waals surface area contributed by atoms with Gasteiger partial charge in [0.2, 0.25) is 0 Å². The average Bonchev–Trinajstić information content (AvgIpc) is 2.95. The lowest BCUT2D eigenvalue weighted by molar-refractivity contribution is 0.103. The minimum Gasteiger partial charge on any atom is -0.467 e. The number of likely N-dealkylation sites (tertiary alicyclic amines) is 1. The molecule has 1 aliphatic rings. The topological polar surface area (TPSA) is 76.5 Å². The molecule has 0 saturated carbocycles. The maximum Gasteiger partial charge on any atom is 0.316 e. The zero-order chi connectivity index (χ0) is 27.6. The Hall–Kier alpha value is -2.32. The fraction of sp³-hybridized carbons (Fsp3) is 0.724. The fourth-order valence-electron chi connectivity index (χ4n) is 4.81. The molecular formula is C29H52N6O2. The van der Waals surface area contributed by atoms with Gasteiger partial charge >= 0.3 is 12.0 Å². The van der Waals surface area contributed by atoms with Gasteiger partial charge in [0.1, 0.15) is 0 Å². The normalized spacial score (nSPS) is 15.6. The van der Waals surface area contributed by atoms with Gasteiger partial charge in [0.05, 0.1) is 19.9 Å². The second kappa shape index (κ2) is 18.9. The Morgan fingerprint density at radius 1 is 0.973 bits per heavy atom.